The van der Waals surface area contributed by atoms with Gasteiger partial charge in [0, 0.05) is 6.54 Å². The maximum absolute atomic E-state index is 11.8. The van der Waals surface area contributed by atoms with Crippen LogP contribution in [0.25, 0.3) is 0 Å². The van der Waals surface area contributed by atoms with Gasteiger partial charge in [-0.1, -0.05) is 5.92 Å². The molecular formula is C13H20N2O4. The second-order valence-corrected chi connectivity index (χ2v) is 5.34. The van der Waals surface area contributed by atoms with E-state index in [9.17, 15) is 9.59 Å². The minimum absolute atomic E-state index is 0.276. The minimum Gasteiger partial charge on any atom is -0.442 e. The van der Waals surface area contributed by atoms with E-state index in [1.54, 1.807) is 20.8 Å². The highest BCUT2D eigenvalue weighted by Gasteiger charge is 2.27. The van der Waals surface area contributed by atoms with Gasteiger partial charge < -0.3 is 9.57 Å². The van der Waals surface area contributed by atoms with Crippen LogP contribution in [-0.2, 0) is 9.57 Å². The van der Waals surface area contributed by atoms with Gasteiger partial charge in [0.15, 0.2) is 0 Å². The van der Waals surface area contributed by atoms with Gasteiger partial charge in [-0.2, -0.15) is 0 Å². The summed E-state index contributed by atoms with van der Waals surface area (Å²) in [7, 11) is 0. The molecule has 1 fully saturated rings. The number of rotatable bonds is 0. The van der Waals surface area contributed by atoms with Crippen LogP contribution < -0.4 is 5.48 Å². The Hall–Kier alpha value is -1.90. The SMILES string of the molecule is C#CC1CCCCN1C(=O)ONC(=O)OC(C)(C)C. The fourth-order valence-corrected chi connectivity index (χ4v) is 1.77. The maximum Gasteiger partial charge on any atom is 0.441 e. The molecule has 0 bridgehead atoms. The molecule has 1 atom stereocenters. The van der Waals surface area contributed by atoms with E-state index in [-0.39, 0.29) is 6.04 Å². The molecule has 0 aromatic carbocycles. The number of amides is 2. The topological polar surface area (TPSA) is 67.9 Å². The summed E-state index contributed by atoms with van der Waals surface area (Å²) in [5.74, 6) is 2.54. The zero-order valence-corrected chi connectivity index (χ0v) is 11.6. The van der Waals surface area contributed by atoms with Crippen LogP contribution in [0.3, 0.4) is 0 Å². The number of nitrogens with one attached hydrogen (secondary N) is 1. The number of hydrogen-bond donors (Lipinski definition) is 1. The largest absolute Gasteiger partial charge is 0.442 e. The third kappa shape index (κ3) is 5.08. The summed E-state index contributed by atoms with van der Waals surface area (Å²) in [5.41, 5.74) is 1.31. The van der Waals surface area contributed by atoms with Gasteiger partial charge in [0.2, 0.25) is 0 Å². The monoisotopic (exact) mass is 268 g/mol. The number of hydrogen-bond acceptors (Lipinski definition) is 4. The molecule has 1 N–H and O–H groups in total. The van der Waals surface area contributed by atoms with Crippen molar-refractivity contribution in [3.63, 3.8) is 0 Å². The molecule has 0 aliphatic carbocycles. The Morgan fingerprint density at radius 3 is 2.63 bits per heavy atom. The van der Waals surface area contributed by atoms with Crippen molar-refractivity contribution in [2.45, 2.75) is 51.7 Å². The second kappa shape index (κ2) is 6.32. The Labute approximate surface area is 113 Å². The molecule has 1 rings (SSSR count). The van der Waals surface area contributed by atoms with Crippen LogP contribution >= 0.6 is 0 Å². The van der Waals surface area contributed by atoms with E-state index in [1.807, 2.05) is 5.48 Å². The average Bonchev–Trinajstić information content (AvgIpc) is 2.33. The quantitative estimate of drug-likeness (QED) is 0.539. The van der Waals surface area contributed by atoms with Gasteiger partial charge in [-0.25, -0.2) is 9.59 Å². The van der Waals surface area contributed by atoms with Crippen molar-refractivity contribution >= 4 is 12.2 Å². The summed E-state index contributed by atoms with van der Waals surface area (Å²) >= 11 is 0. The lowest BCUT2D eigenvalue weighted by Crippen LogP contribution is -2.46. The highest BCUT2D eigenvalue weighted by atomic mass is 16.7. The molecular weight excluding hydrogens is 248 g/mol. The Balaban J connectivity index is 2.42. The van der Waals surface area contributed by atoms with E-state index in [0.717, 1.165) is 19.3 Å². The van der Waals surface area contributed by atoms with Crippen LogP contribution in [0.4, 0.5) is 9.59 Å². The predicted molar refractivity (Wildman–Crippen MR) is 69.0 cm³/mol. The molecule has 2 amide bonds. The maximum atomic E-state index is 11.8. The molecule has 1 aliphatic heterocycles. The Bertz CT molecular complexity index is 381. The minimum atomic E-state index is -0.810. The van der Waals surface area contributed by atoms with Gasteiger partial charge in [0.25, 0.3) is 0 Å². The summed E-state index contributed by atoms with van der Waals surface area (Å²) in [4.78, 5) is 29.2. The molecule has 0 aromatic heterocycles. The smallest absolute Gasteiger partial charge is 0.441 e. The molecule has 6 nitrogen and oxygen atoms in total. The third-order valence-electron chi connectivity index (χ3n) is 2.55. The second-order valence-electron chi connectivity index (χ2n) is 5.34. The standard InChI is InChI=1S/C13H20N2O4/c1-5-10-8-6-7-9-15(10)12(17)19-14-11(16)18-13(2,3)4/h1,10H,6-9H2,2-4H3,(H,14,16). The van der Waals surface area contributed by atoms with Crippen molar-refractivity contribution in [2.75, 3.05) is 6.54 Å². The molecule has 1 heterocycles. The molecule has 0 radical (unpaired) electrons. The van der Waals surface area contributed by atoms with Crippen molar-refractivity contribution in [3.05, 3.63) is 0 Å². The number of terminal acetylenes is 1. The van der Waals surface area contributed by atoms with Crippen LogP contribution in [0.15, 0.2) is 0 Å². The van der Waals surface area contributed by atoms with E-state index >= 15 is 0 Å². The number of nitrogens with zero attached hydrogens (tertiary/aromatic N) is 1. The van der Waals surface area contributed by atoms with Gasteiger partial charge in [-0.3, -0.25) is 4.90 Å². The molecule has 1 unspecified atom stereocenters. The first kappa shape index (κ1) is 15.2. The Kier molecular flexibility index (Phi) is 5.04. The lowest BCUT2D eigenvalue weighted by molar-refractivity contribution is 0.00219. The molecule has 0 saturated carbocycles. The molecule has 106 valence electrons. The fourth-order valence-electron chi connectivity index (χ4n) is 1.77. The molecule has 0 spiro atoms. The zero-order chi connectivity index (χ0) is 14.5. The van der Waals surface area contributed by atoms with Crippen molar-refractivity contribution < 1.29 is 19.2 Å². The van der Waals surface area contributed by atoms with E-state index in [4.69, 9.17) is 11.2 Å². The van der Waals surface area contributed by atoms with Gasteiger partial charge in [-0.15, -0.1) is 11.9 Å². The normalized spacial score (nSPS) is 19.3. The molecule has 1 aliphatic rings. The van der Waals surface area contributed by atoms with Crippen LogP contribution in [0.1, 0.15) is 40.0 Å². The Morgan fingerprint density at radius 2 is 2.05 bits per heavy atom. The van der Waals surface area contributed by atoms with Crippen molar-refractivity contribution in [3.8, 4) is 12.3 Å². The van der Waals surface area contributed by atoms with Crippen molar-refractivity contribution in [1.29, 1.82) is 0 Å². The van der Waals surface area contributed by atoms with Gasteiger partial charge in [0.1, 0.15) is 5.60 Å². The third-order valence-corrected chi connectivity index (χ3v) is 2.55. The molecule has 19 heavy (non-hydrogen) atoms. The van der Waals surface area contributed by atoms with Gasteiger partial charge in [-0.05, 0) is 40.0 Å². The number of carbonyl (C=O) groups excluding carboxylic acids is 2. The summed E-state index contributed by atoms with van der Waals surface area (Å²) < 4.78 is 4.94. The number of piperidine rings is 1. The summed E-state index contributed by atoms with van der Waals surface area (Å²) in [6.07, 6.45) is 6.50. The average molecular weight is 268 g/mol. The van der Waals surface area contributed by atoms with E-state index in [0.29, 0.717) is 6.54 Å². The van der Waals surface area contributed by atoms with Crippen LogP contribution in [0, 0.1) is 12.3 Å². The summed E-state index contributed by atoms with van der Waals surface area (Å²) in [6, 6.07) is -0.276. The highest BCUT2D eigenvalue weighted by Crippen LogP contribution is 2.17. The van der Waals surface area contributed by atoms with Crippen molar-refractivity contribution in [2.24, 2.45) is 0 Å². The van der Waals surface area contributed by atoms with Crippen LogP contribution in [-0.4, -0.2) is 35.3 Å². The fraction of sp³-hybridized carbons (Fsp3) is 0.692. The molecule has 0 aromatic rings. The van der Waals surface area contributed by atoms with Crippen LogP contribution in [0.5, 0.6) is 0 Å². The lowest BCUT2D eigenvalue weighted by Gasteiger charge is -2.31. The number of hydroxylamine groups is 1. The first-order chi connectivity index (χ1) is 8.83. The summed E-state index contributed by atoms with van der Waals surface area (Å²) in [5, 5.41) is 0. The number of carbonyl (C=O) groups is 2. The highest BCUT2D eigenvalue weighted by molar-refractivity contribution is 5.72. The molecule has 6 heteroatoms. The van der Waals surface area contributed by atoms with Gasteiger partial charge >= 0.3 is 12.2 Å². The zero-order valence-electron chi connectivity index (χ0n) is 11.6. The van der Waals surface area contributed by atoms with E-state index in [1.165, 1.54) is 4.90 Å². The lowest BCUT2D eigenvalue weighted by atomic mass is 10.0. The van der Waals surface area contributed by atoms with Crippen LogP contribution in [0.2, 0.25) is 0 Å². The summed E-state index contributed by atoms with van der Waals surface area (Å²) in [6.45, 7) is 5.68. The van der Waals surface area contributed by atoms with E-state index < -0.39 is 17.8 Å². The Morgan fingerprint density at radius 1 is 1.37 bits per heavy atom. The van der Waals surface area contributed by atoms with E-state index in [2.05, 4.69) is 10.8 Å². The number of ether oxygens (including phenoxy) is 1. The first-order valence-corrected chi connectivity index (χ1v) is 6.26. The van der Waals surface area contributed by atoms with Gasteiger partial charge in [0.05, 0.1) is 6.04 Å². The predicted octanol–water partition coefficient (Wildman–Crippen LogP) is 2.05. The first-order valence-electron chi connectivity index (χ1n) is 6.26. The molecule has 1 saturated heterocycles. The van der Waals surface area contributed by atoms with Crippen molar-refractivity contribution in [1.82, 2.24) is 10.4 Å². The number of likely N-dealkylation sites (tertiary alicyclic amines) is 1.